The molecule has 5 fully saturated rings. The average molecular weight is 581 g/mol. The zero-order valence-electron chi connectivity index (χ0n) is 29.6. The Labute approximate surface area is 265 Å². The van der Waals surface area contributed by atoms with E-state index >= 15 is 0 Å². The van der Waals surface area contributed by atoms with E-state index in [-0.39, 0.29) is 0 Å². The Morgan fingerprint density at radius 1 is 0.571 bits per heavy atom. The van der Waals surface area contributed by atoms with Crippen LogP contribution in [0.5, 0.6) is 0 Å². The van der Waals surface area contributed by atoms with Crippen molar-refractivity contribution in [3.63, 3.8) is 0 Å². The van der Waals surface area contributed by atoms with Crippen molar-refractivity contribution in [2.75, 3.05) is 0 Å². The predicted octanol–water partition coefficient (Wildman–Crippen LogP) is 13.8. The lowest BCUT2D eigenvalue weighted by atomic mass is 9.37. The zero-order chi connectivity index (χ0) is 29.6. The number of rotatable bonds is 8. The first-order valence-corrected chi connectivity index (χ1v) is 20.4. The highest BCUT2D eigenvalue weighted by molar-refractivity contribution is 5.11. The van der Waals surface area contributed by atoms with Crippen LogP contribution < -0.4 is 0 Å². The van der Waals surface area contributed by atoms with Crippen LogP contribution >= 0.6 is 0 Å². The highest BCUT2D eigenvalue weighted by Crippen LogP contribution is 2.70. The first-order valence-electron chi connectivity index (χ1n) is 20.4. The van der Waals surface area contributed by atoms with Crippen LogP contribution in [0.25, 0.3) is 0 Å². The van der Waals surface area contributed by atoms with Crippen LogP contribution in [0.4, 0.5) is 0 Å². The molecule has 0 saturated heterocycles. The van der Waals surface area contributed by atoms with Gasteiger partial charge in [-0.15, -0.1) is 0 Å². The number of unbranched alkanes of at least 4 members (excludes halogenated alkanes) is 1. The Balaban J connectivity index is 1.55. The van der Waals surface area contributed by atoms with E-state index < -0.39 is 0 Å². The fourth-order valence-electron chi connectivity index (χ4n) is 13.5. The van der Waals surface area contributed by atoms with E-state index in [1.165, 1.54) is 83.5 Å². The van der Waals surface area contributed by atoms with Gasteiger partial charge in [0.2, 0.25) is 0 Å². The Morgan fingerprint density at radius 3 is 1.95 bits per heavy atom. The molecule has 0 spiro atoms. The highest BCUT2D eigenvalue weighted by Gasteiger charge is 2.62. The molecule has 9 atom stereocenters. The smallest absolute Gasteiger partial charge is 0.0184 e. The molecular formula is C42H76. The summed E-state index contributed by atoms with van der Waals surface area (Å²) < 4.78 is 0. The number of hydrogen-bond acceptors (Lipinski definition) is 0. The summed E-state index contributed by atoms with van der Waals surface area (Å²) in [6.45, 7) is 13.4. The van der Waals surface area contributed by atoms with Gasteiger partial charge in [-0.05, 0) is 103 Å². The molecule has 0 aromatic rings. The molecule has 0 bridgehead atoms. The van der Waals surface area contributed by atoms with Crippen molar-refractivity contribution in [3.05, 3.63) is 0 Å². The average Bonchev–Trinajstić information content (AvgIpc) is 3.00. The van der Waals surface area contributed by atoms with E-state index in [0.29, 0.717) is 10.8 Å². The molecule has 0 heterocycles. The SMILES string of the molecule is CCCCC1(C2CCCCCCC(CCC)C(C)C2)C(C2CCCC(C3CCCCC3)C2)C2CCCCC2CC1(C)C. The van der Waals surface area contributed by atoms with Crippen molar-refractivity contribution in [2.24, 2.45) is 64.1 Å². The minimum atomic E-state index is 0.498. The lowest BCUT2D eigenvalue weighted by Gasteiger charge is -2.67. The molecule has 42 heavy (non-hydrogen) atoms. The third-order valence-corrected chi connectivity index (χ3v) is 15.3. The van der Waals surface area contributed by atoms with E-state index in [2.05, 4.69) is 34.6 Å². The normalized spacial score (nSPS) is 42.5. The molecule has 5 saturated carbocycles. The second kappa shape index (κ2) is 15.5. The fraction of sp³-hybridized carbons (Fsp3) is 1.00. The van der Waals surface area contributed by atoms with Crippen molar-refractivity contribution in [3.8, 4) is 0 Å². The monoisotopic (exact) mass is 581 g/mol. The van der Waals surface area contributed by atoms with Gasteiger partial charge in [-0.25, -0.2) is 0 Å². The van der Waals surface area contributed by atoms with Gasteiger partial charge >= 0.3 is 0 Å². The Kier molecular flexibility index (Phi) is 12.3. The molecule has 0 aromatic carbocycles. The summed E-state index contributed by atoms with van der Waals surface area (Å²) in [6, 6.07) is 0. The molecule has 5 aliphatic carbocycles. The lowest BCUT2D eigenvalue weighted by molar-refractivity contribution is -0.187. The van der Waals surface area contributed by atoms with Gasteiger partial charge in [0.25, 0.3) is 0 Å². The molecule has 5 rings (SSSR count). The minimum absolute atomic E-state index is 0.498. The first-order chi connectivity index (χ1) is 20.4. The van der Waals surface area contributed by atoms with Crippen molar-refractivity contribution in [1.82, 2.24) is 0 Å². The van der Waals surface area contributed by atoms with Crippen LogP contribution in [0.2, 0.25) is 0 Å². The summed E-state index contributed by atoms with van der Waals surface area (Å²) in [5.74, 6) is 9.16. The van der Waals surface area contributed by atoms with Gasteiger partial charge < -0.3 is 0 Å². The van der Waals surface area contributed by atoms with Crippen molar-refractivity contribution in [1.29, 1.82) is 0 Å². The van der Waals surface area contributed by atoms with Gasteiger partial charge in [-0.1, -0.05) is 163 Å². The maximum Gasteiger partial charge on any atom is -0.0184 e. The van der Waals surface area contributed by atoms with Gasteiger partial charge in [0.1, 0.15) is 0 Å². The summed E-state index contributed by atoms with van der Waals surface area (Å²) in [7, 11) is 0. The summed E-state index contributed by atoms with van der Waals surface area (Å²) in [4.78, 5) is 0. The van der Waals surface area contributed by atoms with Crippen LogP contribution in [0.3, 0.4) is 0 Å². The molecule has 5 aliphatic rings. The predicted molar refractivity (Wildman–Crippen MR) is 185 cm³/mol. The Bertz CT molecular complexity index is 773. The minimum Gasteiger partial charge on any atom is -0.0654 e. The molecule has 0 N–H and O–H groups in total. The quantitative estimate of drug-likeness (QED) is 0.268. The van der Waals surface area contributed by atoms with E-state index in [1.54, 1.807) is 83.5 Å². The molecule has 0 nitrogen and oxygen atoms in total. The molecule has 9 unspecified atom stereocenters. The van der Waals surface area contributed by atoms with E-state index in [1.807, 2.05) is 0 Å². The molecule has 0 heteroatoms. The fourth-order valence-corrected chi connectivity index (χ4v) is 13.5. The number of hydrogen-bond donors (Lipinski definition) is 0. The van der Waals surface area contributed by atoms with Crippen LogP contribution in [0.15, 0.2) is 0 Å². The lowest BCUT2D eigenvalue weighted by Crippen LogP contribution is -2.60. The van der Waals surface area contributed by atoms with Gasteiger partial charge in [-0.2, -0.15) is 0 Å². The van der Waals surface area contributed by atoms with Crippen molar-refractivity contribution < 1.29 is 0 Å². The van der Waals surface area contributed by atoms with Crippen molar-refractivity contribution >= 4 is 0 Å². The summed E-state index contributed by atoms with van der Waals surface area (Å²) in [6.07, 6.45) is 39.9. The van der Waals surface area contributed by atoms with Crippen LogP contribution in [-0.4, -0.2) is 0 Å². The Hall–Kier alpha value is 0. The van der Waals surface area contributed by atoms with E-state index in [9.17, 15) is 0 Å². The third-order valence-electron chi connectivity index (χ3n) is 15.3. The molecule has 244 valence electrons. The third kappa shape index (κ3) is 7.19. The summed E-state index contributed by atoms with van der Waals surface area (Å²) in [5.41, 5.74) is 1.07. The zero-order valence-corrected chi connectivity index (χ0v) is 29.6. The van der Waals surface area contributed by atoms with E-state index in [0.717, 1.165) is 53.3 Å². The number of fused-ring (bicyclic) bond motifs is 1. The maximum atomic E-state index is 2.86. The molecular weight excluding hydrogens is 504 g/mol. The topological polar surface area (TPSA) is 0 Å². The maximum absolute atomic E-state index is 2.86. The van der Waals surface area contributed by atoms with Gasteiger partial charge in [0.15, 0.2) is 0 Å². The van der Waals surface area contributed by atoms with Gasteiger partial charge in [-0.3, -0.25) is 0 Å². The molecule has 0 aromatic heterocycles. The van der Waals surface area contributed by atoms with Gasteiger partial charge in [0, 0.05) is 0 Å². The van der Waals surface area contributed by atoms with Crippen molar-refractivity contribution in [2.45, 2.75) is 202 Å². The van der Waals surface area contributed by atoms with Crippen LogP contribution in [0.1, 0.15) is 202 Å². The highest BCUT2D eigenvalue weighted by atomic mass is 14.7. The largest absolute Gasteiger partial charge is 0.0654 e. The van der Waals surface area contributed by atoms with Crippen LogP contribution in [-0.2, 0) is 0 Å². The summed E-state index contributed by atoms with van der Waals surface area (Å²) >= 11 is 0. The van der Waals surface area contributed by atoms with E-state index in [4.69, 9.17) is 0 Å². The standard InChI is InChI=1S/C42H76/c1-6-8-28-42(38-26-15-10-9-12-20-33(19-7-2)32(3)29-38)40(39-27-17-16-23-37(39)31-41(42,4)5)36-25-18-24-35(30-36)34-21-13-11-14-22-34/h32-40H,6-31H2,1-5H3. The second-order valence-electron chi connectivity index (χ2n) is 18.0. The molecule has 0 aliphatic heterocycles. The first kappa shape index (κ1) is 33.4. The molecule has 0 amide bonds. The van der Waals surface area contributed by atoms with Crippen LogP contribution in [0, 0.1) is 64.1 Å². The molecule has 0 radical (unpaired) electrons. The second-order valence-corrected chi connectivity index (χ2v) is 18.0. The summed E-state index contributed by atoms with van der Waals surface area (Å²) in [5, 5.41) is 0. The Morgan fingerprint density at radius 2 is 1.19 bits per heavy atom. The van der Waals surface area contributed by atoms with Gasteiger partial charge in [0.05, 0.1) is 0 Å².